The van der Waals surface area contributed by atoms with Gasteiger partial charge in [0.1, 0.15) is 6.04 Å². The summed E-state index contributed by atoms with van der Waals surface area (Å²) in [7, 11) is 1.32. The lowest BCUT2D eigenvalue weighted by atomic mass is 10.0. The molecule has 1 aromatic rings. The second kappa shape index (κ2) is 6.79. The lowest BCUT2D eigenvalue weighted by Crippen LogP contribution is -2.45. The molecule has 110 valence electrons. The molecule has 0 bridgehead atoms. The van der Waals surface area contributed by atoms with Crippen molar-refractivity contribution in [1.29, 1.82) is 0 Å². The molecule has 0 aromatic heterocycles. The molecule has 0 aliphatic rings. The van der Waals surface area contributed by atoms with Crippen molar-refractivity contribution in [2.45, 2.75) is 33.7 Å². The maximum atomic E-state index is 12.2. The Labute approximate surface area is 125 Å². The molecule has 0 saturated heterocycles. The third-order valence-electron chi connectivity index (χ3n) is 3.48. The summed E-state index contributed by atoms with van der Waals surface area (Å²) >= 11 is 4.05. The largest absolute Gasteiger partial charge is 0.467 e. The molecule has 0 heterocycles. The third kappa shape index (κ3) is 3.15. The van der Waals surface area contributed by atoms with Crippen LogP contribution in [0.2, 0.25) is 0 Å². The van der Waals surface area contributed by atoms with E-state index in [4.69, 9.17) is 4.74 Å². The molecule has 0 unspecified atom stereocenters. The summed E-state index contributed by atoms with van der Waals surface area (Å²) in [5.41, 5.74) is 3.76. The summed E-state index contributed by atoms with van der Waals surface area (Å²) in [6, 6.07) is 3.26. The van der Waals surface area contributed by atoms with Gasteiger partial charge in [-0.1, -0.05) is 12.1 Å². The molecule has 1 rings (SSSR count). The van der Waals surface area contributed by atoms with E-state index in [-0.39, 0.29) is 11.7 Å². The van der Waals surface area contributed by atoms with E-state index >= 15 is 0 Å². The number of ether oxygens (including phenoxy) is 1. The van der Waals surface area contributed by atoms with Crippen molar-refractivity contribution < 1.29 is 14.3 Å². The van der Waals surface area contributed by atoms with E-state index in [1.165, 1.54) is 12.0 Å². The van der Waals surface area contributed by atoms with Gasteiger partial charge in [0, 0.05) is 0 Å². The Balaban J connectivity index is 3.43. The van der Waals surface area contributed by atoms with Gasteiger partial charge in [-0.25, -0.2) is 4.79 Å². The lowest BCUT2D eigenvalue weighted by molar-refractivity contribution is -0.142. The average Bonchev–Trinajstić information content (AvgIpc) is 2.45. The normalized spacial score (nSPS) is 11.9. The fourth-order valence-corrected chi connectivity index (χ4v) is 2.35. The SMILES string of the molecule is COC(=O)[C@H](C)N(C(=O)CS)c1c(C)ccc(C)c1C. The molecule has 1 amide bonds. The molecule has 0 spiro atoms. The number of hydrogen-bond acceptors (Lipinski definition) is 4. The maximum absolute atomic E-state index is 12.2. The summed E-state index contributed by atoms with van der Waals surface area (Å²) < 4.78 is 4.76. The first-order valence-corrected chi connectivity index (χ1v) is 7.05. The van der Waals surface area contributed by atoms with Crippen LogP contribution in [0.15, 0.2) is 12.1 Å². The highest BCUT2D eigenvalue weighted by Gasteiger charge is 2.29. The van der Waals surface area contributed by atoms with Gasteiger partial charge in [0.25, 0.3) is 0 Å². The van der Waals surface area contributed by atoms with Crippen LogP contribution in [0.25, 0.3) is 0 Å². The van der Waals surface area contributed by atoms with Gasteiger partial charge >= 0.3 is 5.97 Å². The number of amides is 1. The predicted octanol–water partition coefficient (Wildman–Crippen LogP) is 2.44. The van der Waals surface area contributed by atoms with Crippen LogP contribution in [0, 0.1) is 20.8 Å². The average molecular weight is 295 g/mol. The van der Waals surface area contributed by atoms with E-state index in [2.05, 4.69) is 12.6 Å². The summed E-state index contributed by atoms with van der Waals surface area (Å²) in [5, 5.41) is 0. The molecule has 1 aromatic carbocycles. The Morgan fingerprint density at radius 2 is 1.80 bits per heavy atom. The fourth-order valence-electron chi connectivity index (χ4n) is 2.19. The molecule has 4 nitrogen and oxygen atoms in total. The zero-order valence-electron chi connectivity index (χ0n) is 12.6. The predicted molar refractivity (Wildman–Crippen MR) is 83.5 cm³/mol. The molecule has 0 fully saturated rings. The molecule has 1 atom stereocenters. The molecular formula is C15H21NO3S. The number of methoxy groups -OCH3 is 1. The standard InChI is InChI=1S/C15H21NO3S/c1-9-6-7-10(2)14(11(9)3)16(13(17)8-20)12(4)15(18)19-5/h6-7,12,20H,8H2,1-5H3/t12-/m0/s1. The number of thiol groups is 1. The minimum absolute atomic E-state index is 0.0359. The van der Waals surface area contributed by atoms with Crippen molar-refractivity contribution in [2.24, 2.45) is 0 Å². The van der Waals surface area contributed by atoms with Crippen LogP contribution in [-0.4, -0.2) is 30.8 Å². The van der Waals surface area contributed by atoms with Crippen molar-refractivity contribution in [2.75, 3.05) is 17.8 Å². The van der Waals surface area contributed by atoms with Gasteiger partial charge in [-0.3, -0.25) is 9.69 Å². The van der Waals surface area contributed by atoms with Gasteiger partial charge in [-0.2, -0.15) is 12.6 Å². The molecule has 5 heteroatoms. The quantitative estimate of drug-likeness (QED) is 0.685. The van der Waals surface area contributed by atoms with E-state index in [1.54, 1.807) is 6.92 Å². The summed E-state index contributed by atoms with van der Waals surface area (Å²) in [6.07, 6.45) is 0. The van der Waals surface area contributed by atoms with Gasteiger partial charge in [0.2, 0.25) is 5.91 Å². The van der Waals surface area contributed by atoms with Gasteiger partial charge in [0.05, 0.1) is 18.6 Å². The number of benzene rings is 1. The van der Waals surface area contributed by atoms with E-state index in [1.807, 2.05) is 32.9 Å². The number of esters is 1. The van der Waals surface area contributed by atoms with Crippen LogP contribution >= 0.6 is 12.6 Å². The Morgan fingerprint density at radius 1 is 1.25 bits per heavy atom. The summed E-state index contributed by atoms with van der Waals surface area (Å²) in [5.74, 6) is -0.628. The van der Waals surface area contributed by atoms with Crippen LogP contribution in [0.3, 0.4) is 0 Å². The molecule has 20 heavy (non-hydrogen) atoms. The van der Waals surface area contributed by atoms with Crippen LogP contribution in [0.5, 0.6) is 0 Å². The monoisotopic (exact) mass is 295 g/mol. The maximum Gasteiger partial charge on any atom is 0.328 e. The summed E-state index contributed by atoms with van der Waals surface area (Å²) in [4.78, 5) is 25.5. The second-order valence-corrected chi connectivity index (χ2v) is 5.11. The Bertz CT molecular complexity index is 528. The molecule has 0 radical (unpaired) electrons. The number of nitrogens with zero attached hydrogens (tertiary/aromatic N) is 1. The van der Waals surface area contributed by atoms with Crippen LogP contribution in [0.4, 0.5) is 5.69 Å². The van der Waals surface area contributed by atoms with Crippen LogP contribution < -0.4 is 4.90 Å². The van der Waals surface area contributed by atoms with Gasteiger partial charge in [0.15, 0.2) is 0 Å². The third-order valence-corrected chi connectivity index (χ3v) is 3.75. The van der Waals surface area contributed by atoms with Crippen molar-refractivity contribution in [1.82, 2.24) is 0 Å². The Kier molecular flexibility index (Phi) is 5.62. The van der Waals surface area contributed by atoms with Gasteiger partial charge < -0.3 is 4.74 Å². The Hall–Kier alpha value is -1.49. The zero-order chi connectivity index (χ0) is 15.4. The van der Waals surface area contributed by atoms with Crippen LogP contribution in [-0.2, 0) is 14.3 Å². The molecule has 0 aliphatic carbocycles. The van der Waals surface area contributed by atoms with Crippen LogP contribution in [0.1, 0.15) is 23.6 Å². The van der Waals surface area contributed by atoms with E-state index in [0.717, 1.165) is 22.4 Å². The Morgan fingerprint density at radius 3 is 2.30 bits per heavy atom. The van der Waals surface area contributed by atoms with E-state index in [0.29, 0.717) is 0 Å². The van der Waals surface area contributed by atoms with Crippen molar-refractivity contribution in [3.63, 3.8) is 0 Å². The topological polar surface area (TPSA) is 46.6 Å². The van der Waals surface area contributed by atoms with Crippen molar-refractivity contribution in [3.05, 3.63) is 28.8 Å². The molecule has 0 N–H and O–H groups in total. The smallest absolute Gasteiger partial charge is 0.328 e. The second-order valence-electron chi connectivity index (χ2n) is 4.79. The minimum atomic E-state index is -0.682. The lowest BCUT2D eigenvalue weighted by Gasteiger charge is -2.30. The number of anilines is 1. The number of carbonyl (C=O) groups is 2. The molecule has 0 saturated carbocycles. The fraction of sp³-hybridized carbons (Fsp3) is 0.467. The first kappa shape index (κ1) is 16.6. The number of aryl methyl sites for hydroxylation is 2. The first-order chi connectivity index (χ1) is 9.34. The summed E-state index contributed by atoms with van der Waals surface area (Å²) in [6.45, 7) is 7.50. The highest BCUT2D eigenvalue weighted by Crippen LogP contribution is 2.29. The minimum Gasteiger partial charge on any atom is -0.467 e. The van der Waals surface area contributed by atoms with E-state index < -0.39 is 12.0 Å². The van der Waals surface area contributed by atoms with Gasteiger partial charge in [-0.15, -0.1) is 0 Å². The highest BCUT2D eigenvalue weighted by atomic mass is 32.1. The molecular weight excluding hydrogens is 274 g/mol. The highest BCUT2D eigenvalue weighted by molar-refractivity contribution is 7.81. The van der Waals surface area contributed by atoms with Crippen molar-refractivity contribution in [3.8, 4) is 0 Å². The van der Waals surface area contributed by atoms with Crippen molar-refractivity contribution >= 4 is 30.2 Å². The van der Waals surface area contributed by atoms with E-state index in [9.17, 15) is 9.59 Å². The van der Waals surface area contributed by atoms with Gasteiger partial charge in [-0.05, 0) is 44.4 Å². The first-order valence-electron chi connectivity index (χ1n) is 6.42. The number of hydrogen-bond donors (Lipinski definition) is 1. The number of carbonyl (C=O) groups excluding carboxylic acids is 2. The number of rotatable bonds is 4. The zero-order valence-corrected chi connectivity index (χ0v) is 13.5. The molecule has 0 aliphatic heterocycles.